The van der Waals surface area contributed by atoms with E-state index in [1.54, 1.807) is 20.8 Å². The summed E-state index contributed by atoms with van der Waals surface area (Å²) in [5.41, 5.74) is 7.70. The van der Waals surface area contributed by atoms with E-state index in [0.29, 0.717) is 0 Å². The molecule has 0 saturated carbocycles. The van der Waals surface area contributed by atoms with Crippen LogP contribution in [0, 0.1) is 0 Å². The number of carbonyl (C=O) groups is 3. The number of nitrogens with zero attached hydrogens (tertiary/aromatic N) is 3. The van der Waals surface area contributed by atoms with Crippen LogP contribution in [0.3, 0.4) is 0 Å². The number of esters is 1. The van der Waals surface area contributed by atoms with Crippen molar-refractivity contribution in [2.75, 3.05) is 12.9 Å². The number of azide groups is 1. The van der Waals surface area contributed by atoms with E-state index in [4.69, 9.17) is 10.3 Å². The average molecular weight is 332 g/mol. The fourth-order valence-corrected chi connectivity index (χ4v) is 2.01. The molecule has 0 heterocycles. The predicted molar refractivity (Wildman–Crippen MR) is 81.2 cm³/mol. The van der Waals surface area contributed by atoms with Gasteiger partial charge in [0, 0.05) is 10.7 Å². The summed E-state index contributed by atoms with van der Waals surface area (Å²) in [7, 11) is 1.15. The van der Waals surface area contributed by atoms with Gasteiger partial charge in [-0.3, -0.25) is 9.59 Å². The van der Waals surface area contributed by atoms with E-state index in [2.05, 4.69) is 20.1 Å². The van der Waals surface area contributed by atoms with Crippen LogP contribution in [0.2, 0.25) is 0 Å². The number of hydrogen-bond donors (Lipinski definition) is 1. The number of alkyl carbamates (subject to hydrolysis) is 1. The van der Waals surface area contributed by atoms with Crippen LogP contribution in [-0.4, -0.2) is 47.7 Å². The number of carbonyl (C=O) groups excluding carboxylic acids is 3. The highest BCUT2D eigenvalue weighted by Crippen LogP contribution is 2.12. The highest BCUT2D eigenvalue weighted by molar-refractivity contribution is 8.13. The minimum atomic E-state index is -1.10. The molecule has 22 heavy (non-hydrogen) atoms. The topological polar surface area (TPSA) is 130 Å². The van der Waals surface area contributed by atoms with Crippen LogP contribution in [0.4, 0.5) is 4.79 Å². The van der Waals surface area contributed by atoms with E-state index in [0.717, 1.165) is 18.9 Å². The number of nitrogens with one attached hydrogen (secondary N) is 1. The minimum absolute atomic E-state index is 0.0735. The van der Waals surface area contributed by atoms with Crippen molar-refractivity contribution < 1.29 is 23.9 Å². The van der Waals surface area contributed by atoms with E-state index >= 15 is 0 Å². The lowest BCUT2D eigenvalue weighted by atomic mass is 10.2. The number of hydrogen-bond acceptors (Lipinski definition) is 7. The van der Waals surface area contributed by atoms with Crippen LogP contribution in [0.25, 0.3) is 10.4 Å². The molecule has 0 spiro atoms. The van der Waals surface area contributed by atoms with Crippen LogP contribution in [0.5, 0.6) is 0 Å². The van der Waals surface area contributed by atoms with E-state index in [9.17, 15) is 14.4 Å². The molecule has 9 nitrogen and oxygen atoms in total. The average Bonchev–Trinajstić information content (AvgIpc) is 2.39. The second kappa shape index (κ2) is 9.16. The molecule has 0 rings (SSSR count). The Morgan fingerprint density at radius 3 is 2.41 bits per heavy atom. The van der Waals surface area contributed by atoms with Gasteiger partial charge in [0.05, 0.1) is 13.2 Å². The van der Waals surface area contributed by atoms with Crippen LogP contribution in [0.1, 0.15) is 27.7 Å². The Kier molecular flexibility index (Phi) is 8.36. The zero-order chi connectivity index (χ0) is 17.3. The quantitative estimate of drug-likeness (QED) is 0.342. The highest BCUT2D eigenvalue weighted by Gasteiger charge is 2.24. The summed E-state index contributed by atoms with van der Waals surface area (Å²) in [6, 6.07) is -1.91. The summed E-state index contributed by atoms with van der Waals surface area (Å²) < 4.78 is 9.49. The molecule has 0 aliphatic heterocycles. The molecule has 0 unspecified atom stereocenters. The number of amides is 1. The molecule has 1 amide bonds. The van der Waals surface area contributed by atoms with Crippen LogP contribution < -0.4 is 5.32 Å². The van der Waals surface area contributed by atoms with Crippen molar-refractivity contribution in [1.29, 1.82) is 0 Å². The smallest absolute Gasteiger partial charge is 0.408 e. The summed E-state index contributed by atoms with van der Waals surface area (Å²) in [5, 5.41) is 5.25. The molecular weight excluding hydrogens is 312 g/mol. The van der Waals surface area contributed by atoms with Crippen LogP contribution in [0.15, 0.2) is 5.11 Å². The van der Waals surface area contributed by atoms with Gasteiger partial charge < -0.3 is 14.8 Å². The second-order valence-electron chi connectivity index (χ2n) is 5.24. The third-order valence-electron chi connectivity index (χ3n) is 2.13. The third kappa shape index (κ3) is 8.38. The Bertz CT molecular complexity index is 471. The van der Waals surface area contributed by atoms with Gasteiger partial charge in [-0.25, -0.2) is 4.79 Å². The Morgan fingerprint density at radius 1 is 1.36 bits per heavy atom. The SMILES string of the molecule is COC(=O)[C@H](CSC(=O)[C@H](C)NC(=O)OC(C)(C)C)N=[N+]=[N-]. The van der Waals surface area contributed by atoms with Gasteiger partial charge in [0.2, 0.25) is 5.12 Å². The first-order valence-electron chi connectivity index (χ1n) is 6.39. The lowest BCUT2D eigenvalue weighted by Crippen LogP contribution is -2.41. The molecule has 0 aromatic heterocycles. The van der Waals surface area contributed by atoms with Crippen LogP contribution in [-0.2, 0) is 19.1 Å². The maximum atomic E-state index is 11.9. The maximum Gasteiger partial charge on any atom is 0.408 e. The van der Waals surface area contributed by atoms with Gasteiger partial charge in [-0.15, -0.1) is 0 Å². The Balaban J connectivity index is 4.44. The first kappa shape index (κ1) is 20.1. The largest absolute Gasteiger partial charge is 0.469 e. The lowest BCUT2D eigenvalue weighted by Gasteiger charge is -2.21. The molecule has 0 aliphatic carbocycles. The number of ether oxygens (including phenoxy) is 2. The fraction of sp³-hybridized carbons (Fsp3) is 0.750. The molecular formula is C12H20N4O5S. The molecule has 2 atom stereocenters. The highest BCUT2D eigenvalue weighted by atomic mass is 32.2. The maximum absolute atomic E-state index is 11.9. The molecule has 0 fully saturated rings. The molecule has 0 aromatic carbocycles. The van der Waals surface area contributed by atoms with E-state index in [1.807, 2.05) is 0 Å². The molecule has 1 N–H and O–H groups in total. The van der Waals surface area contributed by atoms with E-state index in [-0.39, 0.29) is 5.75 Å². The first-order valence-corrected chi connectivity index (χ1v) is 7.37. The van der Waals surface area contributed by atoms with Crippen molar-refractivity contribution in [2.24, 2.45) is 5.11 Å². The van der Waals surface area contributed by atoms with Gasteiger partial charge in [-0.05, 0) is 33.2 Å². The summed E-state index contributed by atoms with van der Waals surface area (Å²) in [6.45, 7) is 6.60. The van der Waals surface area contributed by atoms with Gasteiger partial charge in [0.15, 0.2) is 0 Å². The zero-order valence-corrected chi connectivity index (χ0v) is 14.0. The normalized spacial score (nSPS) is 13.3. The van der Waals surface area contributed by atoms with Crippen molar-refractivity contribution in [3.05, 3.63) is 10.4 Å². The number of thioether (sulfide) groups is 1. The summed E-state index contributed by atoms with van der Waals surface area (Å²) in [4.78, 5) is 37.2. The van der Waals surface area contributed by atoms with E-state index in [1.165, 1.54) is 6.92 Å². The second-order valence-corrected chi connectivity index (χ2v) is 6.27. The first-order chi connectivity index (χ1) is 10.1. The number of rotatable bonds is 6. The molecule has 0 bridgehead atoms. The Morgan fingerprint density at radius 2 is 1.95 bits per heavy atom. The monoisotopic (exact) mass is 332 g/mol. The third-order valence-corrected chi connectivity index (χ3v) is 3.26. The molecule has 124 valence electrons. The molecule has 0 saturated heterocycles. The molecule has 10 heteroatoms. The standard InChI is InChI=1S/C12H20N4O5S/c1-7(14-11(19)21-12(2,3)4)10(18)22-6-8(15-16-13)9(17)20-5/h7-8H,6H2,1-5H3,(H,14,19)/t7-,8-/m0/s1. The number of methoxy groups -OCH3 is 1. The van der Waals surface area contributed by atoms with Crippen molar-refractivity contribution in [2.45, 2.75) is 45.4 Å². The van der Waals surface area contributed by atoms with Gasteiger partial charge in [-0.2, -0.15) is 0 Å². The predicted octanol–water partition coefficient (Wildman–Crippen LogP) is 2.01. The Hall–Kier alpha value is -1.93. The fourth-order valence-electron chi connectivity index (χ4n) is 1.18. The van der Waals surface area contributed by atoms with Crippen molar-refractivity contribution >= 4 is 28.9 Å². The Labute approximate surface area is 132 Å². The minimum Gasteiger partial charge on any atom is -0.469 e. The summed E-state index contributed by atoms with van der Waals surface area (Å²) in [5.74, 6) is -0.804. The van der Waals surface area contributed by atoms with Crippen molar-refractivity contribution in [3.8, 4) is 0 Å². The molecule has 0 aliphatic rings. The van der Waals surface area contributed by atoms with E-state index < -0.39 is 34.9 Å². The van der Waals surface area contributed by atoms with Crippen molar-refractivity contribution in [1.82, 2.24) is 5.32 Å². The lowest BCUT2D eigenvalue weighted by molar-refractivity contribution is -0.141. The van der Waals surface area contributed by atoms with Gasteiger partial charge in [0.25, 0.3) is 0 Å². The van der Waals surface area contributed by atoms with Gasteiger partial charge in [-0.1, -0.05) is 16.9 Å². The van der Waals surface area contributed by atoms with Crippen molar-refractivity contribution in [3.63, 3.8) is 0 Å². The van der Waals surface area contributed by atoms with Gasteiger partial charge in [0.1, 0.15) is 11.6 Å². The summed E-state index contributed by atoms with van der Waals surface area (Å²) >= 11 is 0.761. The summed E-state index contributed by atoms with van der Waals surface area (Å²) in [6.07, 6.45) is -0.714. The van der Waals surface area contributed by atoms with Crippen LogP contribution >= 0.6 is 11.8 Å². The van der Waals surface area contributed by atoms with Gasteiger partial charge >= 0.3 is 12.1 Å². The zero-order valence-electron chi connectivity index (χ0n) is 13.2. The molecule has 0 radical (unpaired) electrons. The molecule has 0 aromatic rings.